The molecule has 1 aromatic carbocycles. The molecule has 122 valence electrons. The van der Waals surface area contributed by atoms with Gasteiger partial charge in [0.2, 0.25) is 0 Å². The maximum atomic E-state index is 13.9. The van der Waals surface area contributed by atoms with Gasteiger partial charge in [-0.3, -0.25) is 4.79 Å². The van der Waals surface area contributed by atoms with Gasteiger partial charge in [0, 0.05) is 11.9 Å². The fourth-order valence-corrected chi connectivity index (χ4v) is 2.13. The van der Waals surface area contributed by atoms with E-state index < -0.39 is 34.8 Å². The molecular formula is C14H8BrF5N2O. The third kappa shape index (κ3) is 3.66. The van der Waals surface area contributed by atoms with Crippen molar-refractivity contribution in [2.45, 2.75) is 13.1 Å². The molecule has 3 nitrogen and oxygen atoms in total. The molecule has 2 aromatic rings. The van der Waals surface area contributed by atoms with Gasteiger partial charge in [-0.05, 0) is 46.6 Å². The van der Waals surface area contributed by atoms with Crippen molar-refractivity contribution in [3.8, 4) is 0 Å². The van der Waals surface area contributed by atoms with Crippen molar-refractivity contribution >= 4 is 27.5 Å². The van der Waals surface area contributed by atoms with Crippen molar-refractivity contribution in [2.24, 2.45) is 0 Å². The molecule has 1 amide bonds. The van der Waals surface area contributed by atoms with Gasteiger partial charge in [-0.25, -0.2) is 13.8 Å². The summed E-state index contributed by atoms with van der Waals surface area (Å²) in [5.74, 6) is -4.67. The Hall–Kier alpha value is -2.03. The molecule has 23 heavy (non-hydrogen) atoms. The standard InChI is InChI=1S/C14H8BrF5N2O/c1-6-5-21-10(15)4-9(6)22-13(23)11-8(16)3-2-7(12(11)17)14(18,19)20/h2-5H,1H3,(H,21,22,23). The minimum atomic E-state index is -5.04. The number of carbonyl (C=O) groups is 1. The fourth-order valence-electron chi connectivity index (χ4n) is 1.80. The highest BCUT2D eigenvalue weighted by Crippen LogP contribution is 2.33. The minimum absolute atomic E-state index is 0.160. The van der Waals surface area contributed by atoms with Crippen molar-refractivity contribution < 1.29 is 26.7 Å². The van der Waals surface area contributed by atoms with Crippen LogP contribution in [0.5, 0.6) is 0 Å². The van der Waals surface area contributed by atoms with E-state index in [0.29, 0.717) is 16.2 Å². The molecule has 0 radical (unpaired) electrons. The Kier molecular flexibility index (Phi) is 4.69. The van der Waals surface area contributed by atoms with E-state index in [1.807, 2.05) is 0 Å². The van der Waals surface area contributed by atoms with Gasteiger partial charge in [0.25, 0.3) is 5.91 Å². The first-order chi connectivity index (χ1) is 10.6. The summed E-state index contributed by atoms with van der Waals surface area (Å²) in [4.78, 5) is 15.9. The summed E-state index contributed by atoms with van der Waals surface area (Å²) in [5, 5.41) is 2.17. The smallest absolute Gasteiger partial charge is 0.321 e. The molecule has 0 atom stereocenters. The zero-order valence-corrected chi connectivity index (χ0v) is 13.0. The highest BCUT2D eigenvalue weighted by atomic mass is 79.9. The number of aromatic nitrogens is 1. The quantitative estimate of drug-likeness (QED) is 0.592. The lowest BCUT2D eigenvalue weighted by atomic mass is 10.1. The maximum Gasteiger partial charge on any atom is 0.419 e. The molecule has 0 aliphatic carbocycles. The second-order valence-electron chi connectivity index (χ2n) is 4.56. The van der Waals surface area contributed by atoms with Crippen LogP contribution in [0.4, 0.5) is 27.6 Å². The number of nitrogens with zero attached hydrogens (tertiary/aromatic N) is 1. The average Bonchev–Trinajstić information content (AvgIpc) is 2.41. The monoisotopic (exact) mass is 394 g/mol. The molecule has 0 bridgehead atoms. The van der Waals surface area contributed by atoms with Crippen LogP contribution in [0.2, 0.25) is 0 Å². The summed E-state index contributed by atoms with van der Waals surface area (Å²) in [5.41, 5.74) is -2.38. The number of nitrogens with one attached hydrogen (secondary N) is 1. The summed E-state index contributed by atoms with van der Waals surface area (Å²) in [6.07, 6.45) is -3.67. The average molecular weight is 395 g/mol. The van der Waals surface area contributed by atoms with Gasteiger partial charge in [0.1, 0.15) is 16.0 Å². The van der Waals surface area contributed by atoms with Gasteiger partial charge in [-0.2, -0.15) is 13.2 Å². The number of hydrogen-bond acceptors (Lipinski definition) is 2. The summed E-state index contributed by atoms with van der Waals surface area (Å²) in [6.45, 7) is 1.56. The number of anilines is 1. The predicted molar refractivity (Wildman–Crippen MR) is 76.0 cm³/mol. The second kappa shape index (κ2) is 6.23. The summed E-state index contributed by atoms with van der Waals surface area (Å²) in [7, 11) is 0. The minimum Gasteiger partial charge on any atom is -0.321 e. The van der Waals surface area contributed by atoms with Crippen molar-refractivity contribution in [1.82, 2.24) is 4.98 Å². The molecule has 0 unspecified atom stereocenters. The highest BCUT2D eigenvalue weighted by molar-refractivity contribution is 9.10. The predicted octanol–water partition coefficient (Wildman–Crippen LogP) is 4.70. The zero-order valence-electron chi connectivity index (χ0n) is 11.4. The van der Waals surface area contributed by atoms with Crippen molar-refractivity contribution in [3.05, 3.63) is 57.3 Å². The molecular weight excluding hydrogens is 387 g/mol. The molecule has 1 aromatic heterocycles. The van der Waals surface area contributed by atoms with E-state index in [2.05, 4.69) is 26.2 Å². The van der Waals surface area contributed by atoms with E-state index in [1.165, 1.54) is 12.3 Å². The Morgan fingerprint density at radius 3 is 2.52 bits per heavy atom. The largest absolute Gasteiger partial charge is 0.419 e. The van der Waals surface area contributed by atoms with Gasteiger partial charge in [-0.1, -0.05) is 0 Å². The summed E-state index contributed by atoms with van der Waals surface area (Å²) < 4.78 is 65.9. The zero-order chi connectivity index (χ0) is 17.4. The van der Waals surface area contributed by atoms with Crippen LogP contribution in [0.1, 0.15) is 21.5 Å². The van der Waals surface area contributed by atoms with Crippen LogP contribution in [0.25, 0.3) is 0 Å². The third-order valence-corrected chi connectivity index (χ3v) is 3.38. The van der Waals surface area contributed by atoms with E-state index in [-0.39, 0.29) is 11.8 Å². The molecule has 0 saturated heterocycles. The third-order valence-electron chi connectivity index (χ3n) is 2.94. The number of pyridine rings is 1. The molecule has 1 heterocycles. The van der Waals surface area contributed by atoms with Crippen LogP contribution in [-0.2, 0) is 6.18 Å². The van der Waals surface area contributed by atoms with Gasteiger partial charge >= 0.3 is 6.18 Å². The molecule has 0 saturated carbocycles. The second-order valence-corrected chi connectivity index (χ2v) is 5.37. The number of benzene rings is 1. The van der Waals surface area contributed by atoms with Crippen molar-refractivity contribution in [3.63, 3.8) is 0 Å². The van der Waals surface area contributed by atoms with E-state index in [0.717, 1.165) is 0 Å². The molecule has 0 aliphatic heterocycles. The van der Waals surface area contributed by atoms with Gasteiger partial charge < -0.3 is 5.32 Å². The Labute approximate surface area is 135 Å². The first-order valence-electron chi connectivity index (χ1n) is 6.10. The van der Waals surface area contributed by atoms with Gasteiger partial charge in [0.05, 0.1) is 5.56 Å². The van der Waals surface area contributed by atoms with E-state index in [1.54, 1.807) is 6.92 Å². The number of aryl methyl sites for hydroxylation is 1. The summed E-state index contributed by atoms with van der Waals surface area (Å²) in [6, 6.07) is 2.00. The number of rotatable bonds is 2. The Bertz CT molecular complexity index is 776. The number of halogens is 6. The molecule has 1 N–H and O–H groups in total. The van der Waals surface area contributed by atoms with E-state index >= 15 is 0 Å². The highest BCUT2D eigenvalue weighted by Gasteiger charge is 2.37. The molecule has 9 heteroatoms. The topological polar surface area (TPSA) is 42.0 Å². The number of hydrogen-bond donors (Lipinski definition) is 1. The molecule has 0 fully saturated rings. The van der Waals surface area contributed by atoms with Crippen LogP contribution < -0.4 is 5.32 Å². The van der Waals surface area contributed by atoms with E-state index in [9.17, 15) is 26.7 Å². The van der Waals surface area contributed by atoms with Gasteiger partial charge in [-0.15, -0.1) is 0 Å². The van der Waals surface area contributed by atoms with Crippen LogP contribution in [0.3, 0.4) is 0 Å². The van der Waals surface area contributed by atoms with Gasteiger partial charge in [0.15, 0.2) is 5.82 Å². The van der Waals surface area contributed by atoms with Crippen molar-refractivity contribution in [1.29, 1.82) is 0 Å². The Balaban J connectivity index is 2.45. The van der Waals surface area contributed by atoms with Crippen LogP contribution >= 0.6 is 15.9 Å². The molecule has 0 aliphatic rings. The van der Waals surface area contributed by atoms with Crippen molar-refractivity contribution in [2.75, 3.05) is 5.32 Å². The SMILES string of the molecule is Cc1cnc(Br)cc1NC(=O)c1c(F)ccc(C(F)(F)F)c1F. The molecule has 2 rings (SSSR count). The number of amides is 1. The normalized spacial score (nSPS) is 11.4. The Morgan fingerprint density at radius 2 is 1.91 bits per heavy atom. The lowest BCUT2D eigenvalue weighted by Crippen LogP contribution is -2.20. The first-order valence-corrected chi connectivity index (χ1v) is 6.89. The lowest BCUT2D eigenvalue weighted by Gasteiger charge is -2.13. The maximum absolute atomic E-state index is 13.9. The van der Waals surface area contributed by atoms with Crippen LogP contribution in [-0.4, -0.2) is 10.9 Å². The fraction of sp³-hybridized carbons (Fsp3) is 0.143. The first kappa shape index (κ1) is 17.3. The molecule has 0 spiro atoms. The lowest BCUT2D eigenvalue weighted by molar-refractivity contribution is -0.140. The number of carbonyl (C=O) groups excluding carboxylic acids is 1. The van der Waals surface area contributed by atoms with Crippen LogP contribution in [0, 0.1) is 18.6 Å². The van der Waals surface area contributed by atoms with E-state index in [4.69, 9.17) is 0 Å². The summed E-state index contributed by atoms with van der Waals surface area (Å²) >= 11 is 3.05. The number of alkyl halides is 3. The Morgan fingerprint density at radius 1 is 1.26 bits per heavy atom. The van der Waals surface area contributed by atoms with Crippen LogP contribution in [0.15, 0.2) is 29.0 Å².